The van der Waals surface area contributed by atoms with E-state index in [9.17, 15) is 9.90 Å². The Morgan fingerprint density at radius 1 is 0.529 bits per heavy atom. The summed E-state index contributed by atoms with van der Waals surface area (Å²) in [4.78, 5) is 11.4. The summed E-state index contributed by atoms with van der Waals surface area (Å²) in [5.41, 5.74) is 0. The van der Waals surface area contributed by atoms with Gasteiger partial charge in [0.2, 0.25) is 0 Å². The molecule has 0 aliphatic rings. The van der Waals surface area contributed by atoms with E-state index >= 15 is 0 Å². The van der Waals surface area contributed by atoms with Crippen molar-refractivity contribution in [3.05, 3.63) is 12.2 Å². The fourth-order valence-corrected chi connectivity index (χ4v) is 4.72. The van der Waals surface area contributed by atoms with Gasteiger partial charge in [0.1, 0.15) is 0 Å². The van der Waals surface area contributed by atoms with Gasteiger partial charge in [0.05, 0.1) is 0 Å². The van der Waals surface area contributed by atoms with E-state index in [0.717, 1.165) is 25.7 Å². The van der Waals surface area contributed by atoms with E-state index < -0.39 is 5.97 Å². The second-order valence-corrected chi connectivity index (χ2v) is 10.4. The first kappa shape index (κ1) is 36.4. The standard InChI is InChI=1S/C31H60O2.Na/c1-3-5-7-9-11-13-14-15-16-17-18-19-20-21-23-25-27-29-30(31(32)33)28-26-24-22-12-10-8-6-4-2;/h15-16,30H,3-14,17-29H2,1-2H3,(H,32,33);/q;+1/p-1. The Kier molecular flexibility index (Phi) is 33.4. The monoisotopic (exact) mass is 486 g/mol. The molecule has 0 fully saturated rings. The molecule has 0 aliphatic carbocycles. The average Bonchev–Trinajstić information content (AvgIpc) is 2.81. The third-order valence-electron chi connectivity index (χ3n) is 7.05. The minimum atomic E-state index is -0.817. The van der Waals surface area contributed by atoms with E-state index in [1.54, 1.807) is 0 Å². The first-order valence-corrected chi connectivity index (χ1v) is 15.1. The van der Waals surface area contributed by atoms with Gasteiger partial charge in [-0.05, 0) is 44.4 Å². The van der Waals surface area contributed by atoms with Gasteiger partial charge in [0, 0.05) is 5.97 Å². The van der Waals surface area contributed by atoms with E-state index in [4.69, 9.17) is 0 Å². The summed E-state index contributed by atoms with van der Waals surface area (Å²) in [5, 5.41) is 11.4. The molecule has 0 spiro atoms. The molecule has 0 aromatic heterocycles. The molecule has 0 radical (unpaired) electrons. The number of carboxylic acids is 1. The van der Waals surface area contributed by atoms with Gasteiger partial charge in [-0.3, -0.25) is 0 Å². The van der Waals surface area contributed by atoms with Crippen LogP contribution >= 0.6 is 0 Å². The molecule has 0 aliphatic heterocycles. The third kappa shape index (κ3) is 28.4. The van der Waals surface area contributed by atoms with E-state index in [0.29, 0.717) is 0 Å². The smallest absolute Gasteiger partial charge is 0.550 e. The summed E-state index contributed by atoms with van der Waals surface area (Å²) in [6.45, 7) is 4.52. The predicted octanol–water partition coefficient (Wildman–Crippen LogP) is 6.71. The van der Waals surface area contributed by atoms with Crippen LogP contribution in [0.25, 0.3) is 0 Å². The Morgan fingerprint density at radius 2 is 0.824 bits per heavy atom. The van der Waals surface area contributed by atoms with Crippen LogP contribution in [0.1, 0.15) is 174 Å². The van der Waals surface area contributed by atoms with Crippen molar-refractivity contribution in [3.8, 4) is 0 Å². The quantitative estimate of drug-likeness (QED) is 0.0736. The van der Waals surface area contributed by atoms with Crippen molar-refractivity contribution in [1.82, 2.24) is 0 Å². The number of carbonyl (C=O) groups excluding carboxylic acids is 1. The molecule has 0 bridgehead atoms. The number of carbonyl (C=O) groups is 1. The molecule has 1 atom stereocenters. The summed E-state index contributed by atoms with van der Waals surface area (Å²) in [7, 11) is 0. The van der Waals surface area contributed by atoms with Crippen molar-refractivity contribution >= 4 is 5.97 Å². The molecule has 196 valence electrons. The summed E-state index contributed by atoms with van der Waals surface area (Å²) in [5.74, 6) is -1.03. The van der Waals surface area contributed by atoms with Crippen LogP contribution in [0.5, 0.6) is 0 Å². The Balaban J connectivity index is 0. The fourth-order valence-electron chi connectivity index (χ4n) is 4.72. The zero-order valence-corrected chi connectivity index (χ0v) is 25.7. The van der Waals surface area contributed by atoms with Gasteiger partial charge >= 0.3 is 29.6 Å². The number of aliphatic carboxylic acids is 1. The number of unbranched alkanes of at least 4 members (excludes halogenated alkanes) is 20. The number of hydrogen-bond donors (Lipinski definition) is 0. The van der Waals surface area contributed by atoms with E-state index in [1.165, 1.54) is 135 Å². The minimum absolute atomic E-state index is 0. The van der Waals surface area contributed by atoms with Gasteiger partial charge in [-0.1, -0.05) is 148 Å². The average molecular weight is 487 g/mol. The van der Waals surface area contributed by atoms with Crippen molar-refractivity contribution in [2.75, 3.05) is 0 Å². The summed E-state index contributed by atoms with van der Waals surface area (Å²) in [6.07, 6.45) is 36.2. The van der Waals surface area contributed by atoms with Gasteiger partial charge in [0.25, 0.3) is 0 Å². The second kappa shape index (κ2) is 31.2. The molecule has 0 heterocycles. The van der Waals surface area contributed by atoms with Crippen LogP contribution in [-0.2, 0) is 4.79 Å². The molecule has 0 aromatic rings. The van der Waals surface area contributed by atoms with Crippen molar-refractivity contribution in [3.63, 3.8) is 0 Å². The maximum absolute atomic E-state index is 11.4. The third-order valence-corrected chi connectivity index (χ3v) is 7.05. The summed E-state index contributed by atoms with van der Waals surface area (Å²) < 4.78 is 0. The maximum atomic E-state index is 11.4. The van der Waals surface area contributed by atoms with Crippen LogP contribution in [-0.4, -0.2) is 5.97 Å². The van der Waals surface area contributed by atoms with Gasteiger partial charge in [0.15, 0.2) is 0 Å². The molecule has 3 heteroatoms. The Bertz CT molecular complexity index is 422. The van der Waals surface area contributed by atoms with Crippen LogP contribution in [0.4, 0.5) is 0 Å². The molecule has 0 saturated carbocycles. The minimum Gasteiger partial charge on any atom is -0.550 e. The molecular formula is C31H59NaO2. The molecule has 2 nitrogen and oxygen atoms in total. The first-order chi connectivity index (χ1) is 16.2. The largest absolute Gasteiger partial charge is 1.00 e. The molecule has 0 rings (SSSR count). The first-order valence-electron chi connectivity index (χ1n) is 15.1. The van der Waals surface area contributed by atoms with Crippen LogP contribution < -0.4 is 34.7 Å². The number of carboxylic acid groups (broad SMARTS) is 1. The zero-order valence-electron chi connectivity index (χ0n) is 23.7. The van der Waals surface area contributed by atoms with Gasteiger partial charge < -0.3 is 9.90 Å². The molecule has 0 amide bonds. The van der Waals surface area contributed by atoms with Crippen molar-refractivity contribution < 1.29 is 39.5 Å². The van der Waals surface area contributed by atoms with Gasteiger partial charge in [-0.25, -0.2) is 0 Å². The topological polar surface area (TPSA) is 40.1 Å². The van der Waals surface area contributed by atoms with Gasteiger partial charge in [-0.2, -0.15) is 0 Å². The fraction of sp³-hybridized carbons (Fsp3) is 0.903. The van der Waals surface area contributed by atoms with E-state index in [2.05, 4.69) is 26.0 Å². The van der Waals surface area contributed by atoms with Crippen LogP contribution in [0.2, 0.25) is 0 Å². The Morgan fingerprint density at radius 3 is 1.15 bits per heavy atom. The van der Waals surface area contributed by atoms with Crippen LogP contribution in [0.3, 0.4) is 0 Å². The van der Waals surface area contributed by atoms with Gasteiger partial charge in [-0.15, -0.1) is 0 Å². The van der Waals surface area contributed by atoms with Crippen LogP contribution in [0, 0.1) is 5.92 Å². The molecule has 0 saturated heterocycles. The zero-order chi connectivity index (χ0) is 24.2. The number of hydrogen-bond acceptors (Lipinski definition) is 2. The van der Waals surface area contributed by atoms with Crippen LogP contribution in [0.15, 0.2) is 12.2 Å². The summed E-state index contributed by atoms with van der Waals surface area (Å²) >= 11 is 0. The summed E-state index contributed by atoms with van der Waals surface area (Å²) in [6, 6.07) is 0. The Hall–Kier alpha value is 0.210. The van der Waals surface area contributed by atoms with E-state index in [-0.39, 0.29) is 35.5 Å². The molecular weight excluding hydrogens is 427 g/mol. The molecule has 34 heavy (non-hydrogen) atoms. The van der Waals surface area contributed by atoms with Crippen molar-refractivity contribution in [2.24, 2.45) is 5.92 Å². The molecule has 0 aromatic carbocycles. The number of allylic oxidation sites excluding steroid dienone is 2. The predicted molar refractivity (Wildman–Crippen MR) is 144 cm³/mol. The number of rotatable bonds is 27. The Labute approximate surface area is 236 Å². The second-order valence-electron chi connectivity index (χ2n) is 10.4. The van der Waals surface area contributed by atoms with Crippen molar-refractivity contribution in [2.45, 2.75) is 174 Å². The van der Waals surface area contributed by atoms with Crippen molar-refractivity contribution in [1.29, 1.82) is 0 Å². The normalized spacial score (nSPS) is 12.2. The SMILES string of the molecule is CCCCCCCCC=CCCCCCCCCCC(CCCCCCCCCC)C(=O)[O-].[Na+]. The molecule has 1 unspecified atom stereocenters. The van der Waals surface area contributed by atoms with E-state index in [1.807, 2.05) is 0 Å². The maximum Gasteiger partial charge on any atom is 1.00 e. The molecule has 0 N–H and O–H groups in total.